The molecule has 0 saturated carbocycles. The Morgan fingerprint density at radius 2 is 1.50 bits per heavy atom. The van der Waals surface area contributed by atoms with Gasteiger partial charge in [-0.15, -0.1) is 0 Å². The van der Waals surface area contributed by atoms with E-state index in [0.29, 0.717) is 13.0 Å². The molecule has 0 aliphatic rings. The van der Waals surface area contributed by atoms with Gasteiger partial charge in [0.2, 0.25) is 11.8 Å². The zero-order chi connectivity index (χ0) is 14.8. The molecule has 0 unspecified atom stereocenters. The Morgan fingerprint density at radius 3 is 2.00 bits per heavy atom. The van der Waals surface area contributed by atoms with E-state index in [1.165, 1.54) is 0 Å². The number of nitrogens with one attached hydrogen (secondary N) is 3. The summed E-state index contributed by atoms with van der Waals surface area (Å²) in [4.78, 5) is 22.9. The molecule has 0 bridgehead atoms. The summed E-state index contributed by atoms with van der Waals surface area (Å²) < 4.78 is 0. The summed E-state index contributed by atoms with van der Waals surface area (Å²) in [5.41, 5.74) is 1.46. The molecule has 0 heterocycles. The Bertz CT molecular complexity index is 429. The minimum atomic E-state index is -0.0635. The van der Waals surface area contributed by atoms with Crippen molar-refractivity contribution in [3.8, 4) is 0 Å². The monoisotopic (exact) mass is 277 g/mol. The predicted molar refractivity (Wildman–Crippen MR) is 81.8 cm³/mol. The maximum absolute atomic E-state index is 11.6. The predicted octanol–water partition coefficient (Wildman–Crippen LogP) is 2.36. The van der Waals surface area contributed by atoms with Crippen LogP contribution in [0.25, 0.3) is 0 Å². The zero-order valence-corrected chi connectivity index (χ0v) is 12.2. The number of hydrogen-bond donors (Lipinski definition) is 3. The van der Waals surface area contributed by atoms with Gasteiger partial charge >= 0.3 is 0 Å². The molecule has 0 radical (unpaired) electrons. The van der Waals surface area contributed by atoms with Crippen LogP contribution in [0.5, 0.6) is 0 Å². The third-order valence-corrected chi connectivity index (χ3v) is 2.77. The van der Waals surface area contributed by atoms with Crippen LogP contribution in [-0.4, -0.2) is 24.9 Å². The lowest BCUT2D eigenvalue weighted by Gasteiger charge is -2.08. The number of carbonyl (C=O) groups excluding carboxylic acids is 2. The average Bonchev–Trinajstić information content (AvgIpc) is 2.45. The summed E-state index contributed by atoms with van der Waals surface area (Å²) >= 11 is 0. The lowest BCUT2D eigenvalue weighted by atomic mass is 10.2. The lowest BCUT2D eigenvalue weighted by molar-refractivity contribution is -0.116. The molecule has 0 spiro atoms. The first-order chi connectivity index (χ1) is 9.65. The highest BCUT2D eigenvalue weighted by Crippen LogP contribution is 2.13. The fourth-order valence-electron chi connectivity index (χ4n) is 1.60. The highest BCUT2D eigenvalue weighted by atomic mass is 16.2. The standard InChI is InChI=1S/C15H23N3O2/c1-3-5-10-16-11-15(20)18-13-8-6-12(7-9-13)17-14(19)4-2/h6-9,16H,3-5,10-11H2,1-2H3,(H,17,19)(H,18,20). The molecule has 0 fully saturated rings. The van der Waals surface area contributed by atoms with E-state index in [-0.39, 0.29) is 11.8 Å². The van der Waals surface area contributed by atoms with Crippen LogP contribution in [0.4, 0.5) is 11.4 Å². The molecular weight excluding hydrogens is 254 g/mol. The van der Waals surface area contributed by atoms with E-state index >= 15 is 0 Å². The smallest absolute Gasteiger partial charge is 0.238 e. The SMILES string of the molecule is CCCCNCC(=O)Nc1ccc(NC(=O)CC)cc1. The molecule has 5 heteroatoms. The first-order valence-electron chi connectivity index (χ1n) is 7.06. The maximum Gasteiger partial charge on any atom is 0.238 e. The molecule has 5 nitrogen and oxygen atoms in total. The van der Waals surface area contributed by atoms with Crippen molar-refractivity contribution in [1.82, 2.24) is 5.32 Å². The van der Waals surface area contributed by atoms with Crippen LogP contribution in [0.2, 0.25) is 0 Å². The maximum atomic E-state index is 11.6. The van der Waals surface area contributed by atoms with E-state index < -0.39 is 0 Å². The van der Waals surface area contributed by atoms with Gasteiger partial charge in [0, 0.05) is 17.8 Å². The van der Waals surface area contributed by atoms with Crippen LogP contribution in [0.1, 0.15) is 33.1 Å². The number of carbonyl (C=O) groups is 2. The minimum absolute atomic E-state index is 0.0260. The van der Waals surface area contributed by atoms with Crippen LogP contribution in [0, 0.1) is 0 Å². The third-order valence-electron chi connectivity index (χ3n) is 2.77. The number of anilines is 2. The van der Waals surface area contributed by atoms with Gasteiger partial charge in [-0.1, -0.05) is 20.3 Å². The van der Waals surface area contributed by atoms with E-state index in [4.69, 9.17) is 0 Å². The summed E-state index contributed by atoms with van der Waals surface area (Å²) in [5, 5.41) is 8.64. The second-order valence-electron chi connectivity index (χ2n) is 4.56. The molecule has 0 aliphatic carbocycles. The molecule has 1 aromatic carbocycles. The van der Waals surface area contributed by atoms with E-state index in [0.717, 1.165) is 30.8 Å². The molecule has 3 N–H and O–H groups in total. The normalized spacial score (nSPS) is 10.1. The topological polar surface area (TPSA) is 70.2 Å². The summed E-state index contributed by atoms with van der Waals surface area (Å²) in [7, 11) is 0. The summed E-state index contributed by atoms with van der Waals surface area (Å²) in [5.74, 6) is -0.0895. The molecular formula is C15H23N3O2. The average molecular weight is 277 g/mol. The molecule has 1 rings (SSSR count). The minimum Gasteiger partial charge on any atom is -0.326 e. The Labute approximate surface area is 120 Å². The van der Waals surface area contributed by atoms with Crippen molar-refractivity contribution in [2.24, 2.45) is 0 Å². The van der Waals surface area contributed by atoms with Crippen LogP contribution in [0.15, 0.2) is 24.3 Å². The quantitative estimate of drug-likeness (QED) is 0.639. The molecule has 0 aliphatic heterocycles. The third kappa shape index (κ3) is 6.33. The summed E-state index contributed by atoms with van der Waals surface area (Å²) in [6.45, 7) is 5.08. The molecule has 2 amide bonds. The Balaban J connectivity index is 2.37. The molecule has 0 aromatic heterocycles. The van der Waals surface area contributed by atoms with Gasteiger partial charge in [0.25, 0.3) is 0 Å². The summed E-state index contributed by atoms with van der Waals surface area (Å²) in [6, 6.07) is 7.09. The van der Waals surface area contributed by atoms with Gasteiger partial charge in [-0.25, -0.2) is 0 Å². The fourth-order valence-corrected chi connectivity index (χ4v) is 1.60. The van der Waals surface area contributed by atoms with Crippen molar-refractivity contribution >= 4 is 23.2 Å². The Kier molecular flexibility index (Phi) is 7.35. The second-order valence-corrected chi connectivity index (χ2v) is 4.56. The first kappa shape index (κ1) is 16.2. The van der Waals surface area contributed by atoms with Crippen molar-refractivity contribution in [1.29, 1.82) is 0 Å². The van der Waals surface area contributed by atoms with Crippen LogP contribution in [0.3, 0.4) is 0 Å². The second kappa shape index (κ2) is 9.09. The van der Waals surface area contributed by atoms with Crippen molar-refractivity contribution in [3.05, 3.63) is 24.3 Å². The highest BCUT2D eigenvalue weighted by Gasteiger charge is 2.02. The number of hydrogen-bond acceptors (Lipinski definition) is 3. The van der Waals surface area contributed by atoms with Crippen molar-refractivity contribution in [2.75, 3.05) is 23.7 Å². The van der Waals surface area contributed by atoms with Crippen molar-refractivity contribution < 1.29 is 9.59 Å². The van der Waals surface area contributed by atoms with Crippen LogP contribution in [-0.2, 0) is 9.59 Å². The number of benzene rings is 1. The van der Waals surface area contributed by atoms with Crippen LogP contribution < -0.4 is 16.0 Å². The largest absolute Gasteiger partial charge is 0.326 e. The number of amides is 2. The molecule has 20 heavy (non-hydrogen) atoms. The van der Waals surface area contributed by atoms with Gasteiger partial charge in [0.05, 0.1) is 6.54 Å². The van der Waals surface area contributed by atoms with Gasteiger partial charge in [-0.2, -0.15) is 0 Å². The van der Waals surface area contributed by atoms with Gasteiger partial charge in [0.1, 0.15) is 0 Å². The van der Waals surface area contributed by atoms with Gasteiger partial charge in [-0.05, 0) is 37.2 Å². The number of unbranched alkanes of at least 4 members (excludes halogenated alkanes) is 1. The van der Waals surface area contributed by atoms with Gasteiger partial charge in [0.15, 0.2) is 0 Å². The lowest BCUT2D eigenvalue weighted by Crippen LogP contribution is -2.28. The van der Waals surface area contributed by atoms with Crippen molar-refractivity contribution in [2.45, 2.75) is 33.1 Å². The fraction of sp³-hybridized carbons (Fsp3) is 0.467. The van der Waals surface area contributed by atoms with E-state index in [9.17, 15) is 9.59 Å². The molecule has 0 saturated heterocycles. The number of rotatable bonds is 8. The summed E-state index contributed by atoms with van der Waals surface area (Å²) in [6.07, 6.45) is 2.63. The van der Waals surface area contributed by atoms with E-state index in [1.54, 1.807) is 31.2 Å². The van der Waals surface area contributed by atoms with Gasteiger partial charge in [-0.3, -0.25) is 9.59 Å². The molecule has 0 atom stereocenters. The highest BCUT2D eigenvalue weighted by molar-refractivity contribution is 5.93. The Hall–Kier alpha value is -1.88. The van der Waals surface area contributed by atoms with E-state index in [1.807, 2.05) is 0 Å². The van der Waals surface area contributed by atoms with Gasteiger partial charge < -0.3 is 16.0 Å². The zero-order valence-electron chi connectivity index (χ0n) is 12.2. The Morgan fingerprint density at radius 1 is 0.950 bits per heavy atom. The first-order valence-corrected chi connectivity index (χ1v) is 7.06. The molecule has 1 aromatic rings. The van der Waals surface area contributed by atoms with E-state index in [2.05, 4.69) is 22.9 Å². The van der Waals surface area contributed by atoms with Crippen LogP contribution >= 0.6 is 0 Å². The molecule has 110 valence electrons. The van der Waals surface area contributed by atoms with Crippen molar-refractivity contribution in [3.63, 3.8) is 0 Å².